The minimum Gasteiger partial charge on any atom is -0.212 e. The molecule has 0 N–H and O–H groups in total. The predicted octanol–water partition coefficient (Wildman–Crippen LogP) is 3.26. The number of hydrogen-bond donors (Lipinski definition) is 0. The van der Waals surface area contributed by atoms with Gasteiger partial charge >= 0.3 is 0 Å². The fraction of sp³-hybridized carbons (Fsp3) is 1.00. The van der Waals surface area contributed by atoms with Gasteiger partial charge in [0.05, 0.1) is 5.75 Å². The van der Waals surface area contributed by atoms with E-state index in [0.29, 0.717) is 19.5 Å². The Morgan fingerprint density at radius 3 is 2.00 bits per heavy atom. The van der Waals surface area contributed by atoms with E-state index in [2.05, 4.69) is 27.7 Å². The molecule has 0 unspecified atom stereocenters. The molecule has 0 aliphatic heterocycles. The maximum Gasteiger partial charge on any atom is 0.214 e. The van der Waals surface area contributed by atoms with Crippen molar-refractivity contribution >= 4 is 10.0 Å². The first kappa shape index (κ1) is 16.9. The molecule has 0 aromatic rings. The molecule has 0 saturated heterocycles. The van der Waals surface area contributed by atoms with E-state index in [0.717, 1.165) is 19.3 Å². The highest BCUT2D eigenvalue weighted by Gasteiger charge is 2.22. The molecule has 0 rings (SSSR count). The van der Waals surface area contributed by atoms with E-state index in [-0.39, 0.29) is 11.2 Å². The van der Waals surface area contributed by atoms with Crippen LogP contribution in [0.4, 0.5) is 0 Å². The van der Waals surface area contributed by atoms with Crippen LogP contribution in [0.15, 0.2) is 0 Å². The van der Waals surface area contributed by atoms with E-state index in [1.165, 1.54) is 0 Å². The van der Waals surface area contributed by atoms with E-state index < -0.39 is 10.0 Å². The van der Waals surface area contributed by atoms with Crippen LogP contribution in [0.25, 0.3) is 0 Å². The minimum absolute atomic E-state index is 0.187. The second-order valence-electron chi connectivity index (χ2n) is 5.88. The van der Waals surface area contributed by atoms with Crippen molar-refractivity contribution in [2.24, 2.45) is 5.41 Å². The summed E-state index contributed by atoms with van der Waals surface area (Å²) in [5.41, 5.74) is 0.187. The summed E-state index contributed by atoms with van der Waals surface area (Å²) in [5, 5.41) is 0. The molecule has 0 fully saturated rings. The van der Waals surface area contributed by atoms with Gasteiger partial charge in [0.25, 0.3) is 0 Å². The molecule has 104 valence electrons. The number of rotatable bonds is 8. The van der Waals surface area contributed by atoms with Crippen LogP contribution in [0, 0.1) is 5.41 Å². The van der Waals surface area contributed by atoms with Gasteiger partial charge in [0.1, 0.15) is 0 Å². The molecular formula is C13H29NO2S. The van der Waals surface area contributed by atoms with Crippen LogP contribution < -0.4 is 0 Å². The highest BCUT2D eigenvalue weighted by atomic mass is 32.2. The van der Waals surface area contributed by atoms with Gasteiger partial charge in [-0.2, -0.15) is 0 Å². The van der Waals surface area contributed by atoms with Gasteiger partial charge < -0.3 is 0 Å². The molecular weight excluding hydrogens is 234 g/mol. The monoisotopic (exact) mass is 263 g/mol. The first-order chi connectivity index (χ1) is 7.73. The van der Waals surface area contributed by atoms with Gasteiger partial charge in [-0.15, -0.1) is 0 Å². The first-order valence-corrected chi connectivity index (χ1v) is 8.31. The van der Waals surface area contributed by atoms with E-state index in [4.69, 9.17) is 0 Å². The Morgan fingerprint density at radius 1 is 1.00 bits per heavy atom. The summed E-state index contributed by atoms with van der Waals surface area (Å²) < 4.78 is 25.8. The highest BCUT2D eigenvalue weighted by molar-refractivity contribution is 7.89. The molecule has 4 heteroatoms. The number of hydrogen-bond acceptors (Lipinski definition) is 2. The summed E-state index contributed by atoms with van der Waals surface area (Å²) in [6, 6.07) is 0. The van der Waals surface area contributed by atoms with Crippen molar-refractivity contribution in [2.45, 2.75) is 60.3 Å². The molecule has 0 saturated carbocycles. The summed E-state index contributed by atoms with van der Waals surface area (Å²) in [5.74, 6) is 0.279. The second-order valence-corrected chi connectivity index (χ2v) is 7.97. The molecule has 0 atom stereocenters. The van der Waals surface area contributed by atoms with Crippen molar-refractivity contribution in [3.05, 3.63) is 0 Å². The van der Waals surface area contributed by atoms with Gasteiger partial charge in [0, 0.05) is 13.1 Å². The number of unbranched alkanes of at least 4 members (excludes halogenated alkanes) is 1. The summed E-state index contributed by atoms with van der Waals surface area (Å²) in [6.07, 6.45) is 3.60. The van der Waals surface area contributed by atoms with Crippen LogP contribution in [0.3, 0.4) is 0 Å². The van der Waals surface area contributed by atoms with Crippen molar-refractivity contribution in [1.29, 1.82) is 0 Å². The predicted molar refractivity (Wildman–Crippen MR) is 74.6 cm³/mol. The third kappa shape index (κ3) is 7.77. The molecule has 0 aromatic carbocycles. The van der Waals surface area contributed by atoms with Crippen LogP contribution in [-0.4, -0.2) is 31.6 Å². The zero-order chi connectivity index (χ0) is 13.5. The summed E-state index contributed by atoms with van der Waals surface area (Å²) in [6.45, 7) is 11.8. The van der Waals surface area contributed by atoms with E-state index in [1.54, 1.807) is 4.31 Å². The third-order valence-corrected chi connectivity index (χ3v) is 4.80. The van der Waals surface area contributed by atoms with Crippen molar-refractivity contribution < 1.29 is 8.42 Å². The zero-order valence-corrected chi connectivity index (χ0v) is 12.9. The van der Waals surface area contributed by atoms with E-state index >= 15 is 0 Å². The lowest BCUT2D eigenvalue weighted by Crippen LogP contribution is -2.36. The minimum atomic E-state index is -3.03. The lowest BCUT2D eigenvalue weighted by Gasteiger charge is -2.26. The standard InChI is InChI=1S/C13H29NO2S/c1-6-8-10-14(11-9-13(3,4)5)17(15,16)12-7-2/h6-12H2,1-5H3. The quantitative estimate of drug-likeness (QED) is 0.674. The Morgan fingerprint density at radius 2 is 1.59 bits per heavy atom. The smallest absolute Gasteiger partial charge is 0.212 e. The Kier molecular flexibility index (Phi) is 7.33. The molecule has 0 amide bonds. The Labute approximate surface area is 108 Å². The third-order valence-electron chi connectivity index (χ3n) is 2.73. The van der Waals surface area contributed by atoms with Crippen molar-refractivity contribution in [3.63, 3.8) is 0 Å². The highest BCUT2D eigenvalue weighted by Crippen LogP contribution is 2.20. The lowest BCUT2D eigenvalue weighted by atomic mass is 9.92. The maximum absolute atomic E-state index is 12.1. The molecule has 0 radical (unpaired) electrons. The number of sulfonamides is 1. The van der Waals surface area contributed by atoms with Crippen LogP contribution >= 0.6 is 0 Å². The Hall–Kier alpha value is -0.0900. The van der Waals surface area contributed by atoms with Crippen molar-refractivity contribution in [3.8, 4) is 0 Å². The van der Waals surface area contributed by atoms with Crippen LogP contribution in [0.1, 0.15) is 60.3 Å². The van der Waals surface area contributed by atoms with Gasteiger partial charge in [0.2, 0.25) is 10.0 Å². The van der Waals surface area contributed by atoms with E-state index in [1.807, 2.05) is 6.92 Å². The topological polar surface area (TPSA) is 37.4 Å². The first-order valence-electron chi connectivity index (χ1n) is 6.70. The molecule has 0 aliphatic rings. The fourth-order valence-corrected chi connectivity index (χ4v) is 3.12. The molecule has 0 bridgehead atoms. The molecule has 17 heavy (non-hydrogen) atoms. The fourth-order valence-electron chi connectivity index (χ4n) is 1.57. The zero-order valence-electron chi connectivity index (χ0n) is 12.1. The van der Waals surface area contributed by atoms with E-state index in [9.17, 15) is 8.42 Å². The summed E-state index contributed by atoms with van der Waals surface area (Å²) >= 11 is 0. The largest absolute Gasteiger partial charge is 0.214 e. The average molecular weight is 263 g/mol. The van der Waals surface area contributed by atoms with Crippen molar-refractivity contribution in [2.75, 3.05) is 18.8 Å². The molecule has 0 aromatic heterocycles. The normalized spacial score (nSPS) is 13.3. The molecule has 0 heterocycles. The van der Waals surface area contributed by atoms with Crippen LogP contribution in [0.2, 0.25) is 0 Å². The average Bonchev–Trinajstić information content (AvgIpc) is 2.15. The van der Waals surface area contributed by atoms with Gasteiger partial charge in [-0.25, -0.2) is 12.7 Å². The maximum atomic E-state index is 12.1. The van der Waals surface area contributed by atoms with Crippen LogP contribution in [0.5, 0.6) is 0 Å². The van der Waals surface area contributed by atoms with Gasteiger partial charge in [-0.3, -0.25) is 0 Å². The van der Waals surface area contributed by atoms with Crippen LogP contribution in [-0.2, 0) is 10.0 Å². The van der Waals surface area contributed by atoms with Gasteiger partial charge in [0.15, 0.2) is 0 Å². The SMILES string of the molecule is CCCCN(CCC(C)(C)C)S(=O)(=O)CCC. The Balaban J connectivity index is 4.53. The Bertz CT molecular complexity index is 291. The molecule has 3 nitrogen and oxygen atoms in total. The van der Waals surface area contributed by atoms with Gasteiger partial charge in [-0.05, 0) is 24.7 Å². The molecule has 0 spiro atoms. The van der Waals surface area contributed by atoms with Crippen molar-refractivity contribution in [1.82, 2.24) is 4.31 Å². The lowest BCUT2D eigenvalue weighted by molar-refractivity contribution is 0.308. The molecule has 0 aliphatic carbocycles. The summed E-state index contributed by atoms with van der Waals surface area (Å²) in [4.78, 5) is 0. The van der Waals surface area contributed by atoms with Gasteiger partial charge in [-0.1, -0.05) is 41.0 Å². The summed E-state index contributed by atoms with van der Waals surface area (Å²) in [7, 11) is -3.03. The second kappa shape index (κ2) is 7.37. The number of nitrogens with zero attached hydrogens (tertiary/aromatic N) is 1.